The van der Waals surface area contributed by atoms with Gasteiger partial charge in [0.2, 0.25) is 0 Å². The van der Waals surface area contributed by atoms with Crippen LogP contribution in [-0.2, 0) is 6.42 Å². The zero-order valence-electron chi connectivity index (χ0n) is 20.7. The van der Waals surface area contributed by atoms with Crippen LogP contribution in [0.25, 0.3) is 16.9 Å². The molecule has 2 aromatic heterocycles. The molecule has 10 heteroatoms. The molecular weight excluding hydrogens is 471 g/mol. The Labute approximate surface area is 208 Å². The number of pyridine rings is 1. The number of hydrogen-bond acceptors (Lipinski definition) is 5. The highest BCUT2D eigenvalue weighted by atomic mass is 19.4. The number of hydrogen-bond donors (Lipinski definition) is 0. The molecule has 0 spiro atoms. The number of alkyl halides is 3. The number of carbonyl (C=O) groups is 1. The van der Waals surface area contributed by atoms with Gasteiger partial charge < -0.3 is 19.4 Å². The number of aromatic nitrogens is 2. The molecule has 0 unspecified atom stereocenters. The first kappa shape index (κ1) is 24.4. The summed E-state index contributed by atoms with van der Waals surface area (Å²) in [6, 6.07) is 7.71. The highest BCUT2D eigenvalue weighted by Crippen LogP contribution is 2.36. The van der Waals surface area contributed by atoms with Gasteiger partial charge in [-0.3, -0.25) is 9.20 Å². The van der Waals surface area contributed by atoms with E-state index in [1.807, 2.05) is 16.7 Å². The second kappa shape index (κ2) is 9.31. The molecule has 5 rings (SSSR count). The van der Waals surface area contributed by atoms with E-state index < -0.39 is 18.6 Å². The Balaban J connectivity index is 1.40. The molecule has 0 radical (unpaired) electrons. The predicted octanol–water partition coefficient (Wildman–Crippen LogP) is 3.96. The van der Waals surface area contributed by atoms with Gasteiger partial charge in [0.15, 0.2) is 0 Å². The second-order valence-electron chi connectivity index (χ2n) is 9.69. The van der Waals surface area contributed by atoms with E-state index in [0.717, 1.165) is 53.7 Å². The maximum Gasteiger partial charge on any atom is 0.406 e. The summed E-state index contributed by atoms with van der Waals surface area (Å²) in [6.07, 6.45) is -0.360. The second-order valence-corrected chi connectivity index (χ2v) is 9.69. The topological polar surface area (TPSA) is 53.3 Å². The summed E-state index contributed by atoms with van der Waals surface area (Å²) >= 11 is 0. The Morgan fingerprint density at radius 3 is 2.69 bits per heavy atom. The van der Waals surface area contributed by atoms with Crippen LogP contribution in [-0.4, -0.2) is 84.7 Å². The number of carbonyl (C=O) groups excluding carboxylic acids is 1. The third kappa shape index (κ3) is 4.61. The van der Waals surface area contributed by atoms with Gasteiger partial charge in [0.25, 0.3) is 5.91 Å². The van der Waals surface area contributed by atoms with E-state index in [4.69, 9.17) is 4.74 Å². The zero-order valence-corrected chi connectivity index (χ0v) is 20.7. The molecule has 1 aromatic carbocycles. The lowest BCUT2D eigenvalue weighted by molar-refractivity contribution is -0.141. The quantitative estimate of drug-likeness (QED) is 0.491. The van der Waals surface area contributed by atoms with E-state index in [-0.39, 0.29) is 17.9 Å². The Morgan fingerprint density at radius 2 is 2.00 bits per heavy atom. The number of rotatable bonds is 7. The van der Waals surface area contributed by atoms with Crippen molar-refractivity contribution in [3.05, 3.63) is 47.8 Å². The number of anilines is 1. The standard InChI is InChI=1S/C26H30F3N5O2/c1-4-31(2)13-17-14-33(15-17)20-6-8-34-21(12-30-23(34)11-20)19-9-18-5-7-32(16-26(27,28)29)25(35)24(18)22(10-19)36-3/h6,8-12,17H,4-5,7,13-16H2,1-3H3. The Bertz CT molecular complexity index is 1270. The van der Waals surface area contributed by atoms with Crippen LogP contribution in [0, 0.1) is 5.92 Å². The maximum atomic E-state index is 12.9. The lowest BCUT2D eigenvalue weighted by Gasteiger charge is -2.42. The number of fused-ring (bicyclic) bond motifs is 2. The summed E-state index contributed by atoms with van der Waals surface area (Å²) in [7, 11) is 3.57. The third-order valence-electron chi connectivity index (χ3n) is 7.15. The van der Waals surface area contributed by atoms with Crippen molar-refractivity contribution in [1.29, 1.82) is 0 Å². The predicted molar refractivity (Wildman–Crippen MR) is 132 cm³/mol. The molecule has 0 atom stereocenters. The first-order chi connectivity index (χ1) is 17.2. The van der Waals surface area contributed by atoms with Crippen molar-refractivity contribution < 1.29 is 22.7 Å². The molecule has 3 aromatic rings. The SMILES string of the molecule is CCN(C)CC1CN(c2ccn3c(-c4cc5c(c(OC)c4)C(=O)N(CC(F)(F)F)CC5)cnc3c2)C1. The van der Waals surface area contributed by atoms with Crippen LogP contribution in [0.1, 0.15) is 22.8 Å². The summed E-state index contributed by atoms with van der Waals surface area (Å²) in [5.74, 6) is 0.284. The van der Waals surface area contributed by atoms with E-state index in [1.54, 1.807) is 12.3 Å². The Morgan fingerprint density at radius 1 is 1.22 bits per heavy atom. The number of benzene rings is 1. The fraction of sp³-hybridized carbons (Fsp3) is 0.462. The smallest absolute Gasteiger partial charge is 0.406 e. The van der Waals surface area contributed by atoms with Crippen LogP contribution < -0.4 is 9.64 Å². The molecule has 0 saturated carbocycles. The average Bonchev–Trinajstić information content (AvgIpc) is 3.24. The average molecular weight is 502 g/mol. The molecule has 192 valence electrons. The molecule has 0 N–H and O–H groups in total. The molecule has 1 fully saturated rings. The van der Waals surface area contributed by atoms with Crippen molar-refractivity contribution in [2.24, 2.45) is 5.92 Å². The summed E-state index contributed by atoms with van der Waals surface area (Å²) in [6.45, 7) is 5.11. The molecule has 1 amide bonds. The van der Waals surface area contributed by atoms with Crippen molar-refractivity contribution in [3.8, 4) is 17.0 Å². The van der Waals surface area contributed by atoms with E-state index in [2.05, 4.69) is 40.9 Å². The van der Waals surface area contributed by atoms with E-state index >= 15 is 0 Å². The van der Waals surface area contributed by atoms with Crippen LogP contribution >= 0.6 is 0 Å². The van der Waals surface area contributed by atoms with Gasteiger partial charge in [0.1, 0.15) is 17.9 Å². The minimum Gasteiger partial charge on any atom is -0.496 e. The number of halogens is 3. The monoisotopic (exact) mass is 501 g/mol. The van der Waals surface area contributed by atoms with Crippen LogP contribution in [0.15, 0.2) is 36.7 Å². The fourth-order valence-corrected chi connectivity index (χ4v) is 5.15. The van der Waals surface area contributed by atoms with Crippen molar-refractivity contribution in [3.63, 3.8) is 0 Å². The Kier molecular flexibility index (Phi) is 6.32. The van der Waals surface area contributed by atoms with E-state index in [0.29, 0.717) is 17.9 Å². The molecule has 2 aliphatic rings. The lowest BCUT2D eigenvalue weighted by Crippen LogP contribution is -2.51. The van der Waals surface area contributed by atoms with Gasteiger partial charge in [0.05, 0.1) is 24.6 Å². The van der Waals surface area contributed by atoms with E-state index in [9.17, 15) is 18.0 Å². The van der Waals surface area contributed by atoms with Crippen molar-refractivity contribution in [2.45, 2.75) is 19.5 Å². The first-order valence-electron chi connectivity index (χ1n) is 12.1. The molecule has 0 bridgehead atoms. The molecule has 2 aliphatic heterocycles. The van der Waals surface area contributed by atoms with Crippen molar-refractivity contribution in [1.82, 2.24) is 19.2 Å². The molecular formula is C26H30F3N5O2. The summed E-state index contributed by atoms with van der Waals surface area (Å²) in [4.78, 5) is 23.0. The molecule has 1 saturated heterocycles. The minimum atomic E-state index is -4.45. The van der Waals surface area contributed by atoms with Crippen LogP contribution in [0.3, 0.4) is 0 Å². The van der Waals surface area contributed by atoms with Crippen molar-refractivity contribution in [2.75, 3.05) is 58.3 Å². The maximum absolute atomic E-state index is 12.9. The van der Waals surface area contributed by atoms with Crippen LogP contribution in [0.2, 0.25) is 0 Å². The van der Waals surface area contributed by atoms with Crippen LogP contribution in [0.4, 0.5) is 18.9 Å². The summed E-state index contributed by atoms with van der Waals surface area (Å²) in [5, 5.41) is 0. The number of methoxy groups -OCH3 is 1. The van der Waals surface area contributed by atoms with E-state index in [1.165, 1.54) is 7.11 Å². The van der Waals surface area contributed by atoms with Gasteiger partial charge in [-0.2, -0.15) is 13.2 Å². The van der Waals surface area contributed by atoms with Gasteiger partial charge >= 0.3 is 6.18 Å². The zero-order chi connectivity index (χ0) is 25.6. The fourth-order valence-electron chi connectivity index (χ4n) is 5.15. The first-order valence-corrected chi connectivity index (χ1v) is 12.1. The van der Waals surface area contributed by atoms with Crippen molar-refractivity contribution >= 4 is 17.2 Å². The molecule has 36 heavy (non-hydrogen) atoms. The normalized spacial score (nSPS) is 16.6. The number of nitrogens with zero attached hydrogens (tertiary/aromatic N) is 5. The molecule has 0 aliphatic carbocycles. The highest BCUT2D eigenvalue weighted by Gasteiger charge is 2.37. The van der Waals surface area contributed by atoms with Gasteiger partial charge in [-0.15, -0.1) is 0 Å². The molecule has 7 nitrogen and oxygen atoms in total. The number of ether oxygens (including phenoxy) is 1. The Hall–Kier alpha value is -3.27. The highest BCUT2D eigenvalue weighted by molar-refractivity contribution is 6.00. The summed E-state index contributed by atoms with van der Waals surface area (Å²) in [5.41, 5.74) is 4.45. The van der Waals surface area contributed by atoms with Gasteiger partial charge in [-0.25, -0.2) is 4.98 Å². The van der Waals surface area contributed by atoms with Gasteiger partial charge in [-0.1, -0.05) is 6.92 Å². The lowest BCUT2D eigenvalue weighted by atomic mass is 9.94. The minimum absolute atomic E-state index is 0.0132. The number of imidazole rings is 1. The van der Waals surface area contributed by atoms with Gasteiger partial charge in [-0.05, 0) is 43.8 Å². The number of amides is 1. The van der Waals surface area contributed by atoms with Gasteiger partial charge in [0, 0.05) is 55.6 Å². The third-order valence-corrected chi connectivity index (χ3v) is 7.15. The summed E-state index contributed by atoms with van der Waals surface area (Å²) < 4.78 is 46.2. The van der Waals surface area contributed by atoms with Crippen LogP contribution in [0.5, 0.6) is 5.75 Å². The largest absolute Gasteiger partial charge is 0.496 e. The molecule has 4 heterocycles.